The second kappa shape index (κ2) is 7.73. The molecule has 0 bridgehead atoms. The van der Waals surface area contributed by atoms with Gasteiger partial charge in [-0.2, -0.15) is 0 Å². The maximum atomic E-state index is 12.0. The topological polar surface area (TPSA) is 42.0 Å². The first-order chi connectivity index (χ1) is 11.2. The summed E-state index contributed by atoms with van der Waals surface area (Å²) >= 11 is 9.18. The van der Waals surface area contributed by atoms with E-state index in [2.05, 4.69) is 10.3 Å². The lowest BCUT2D eigenvalue weighted by Crippen LogP contribution is -2.27. The fourth-order valence-electron chi connectivity index (χ4n) is 2.17. The molecule has 118 valence electrons. The number of aromatic nitrogens is 1. The van der Waals surface area contributed by atoms with Crippen LogP contribution in [0.5, 0.6) is 0 Å². The lowest BCUT2D eigenvalue weighted by Gasteiger charge is -2.04. The third-order valence-electron chi connectivity index (χ3n) is 3.25. The van der Waals surface area contributed by atoms with Gasteiger partial charge in [-0.1, -0.05) is 29.8 Å². The van der Waals surface area contributed by atoms with E-state index in [1.54, 1.807) is 22.7 Å². The van der Waals surface area contributed by atoms with Crippen molar-refractivity contribution in [3.63, 3.8) is 0 Å². The minimum atomic E-state index is -0.00458. The van der Waals surface area contributed by atoms with Gasteiger partial charge in [-0.15, -0.1) is 22.7 Å². The maximum absolute atomic E-state index is 12.0. The number of benzene rings is 1. The molecule has 1 aromatic carbocycles. The van der Waals surface area contributed by atoms with Crippen molar-refractivity contribution < 1.29 is 4.79 Å². The van der Waals surface area contributed by atoms with Crippen LogP contribution < -0.4 is 5.32 Å². The standard InChI is InChI=1S/C17H15ClN2OS2/c18-13-4-1-3-12(9-13)6-7-19-16(21)10-14-11-23-17(20-14)15-5-2-8-22-15/h1-5,8-9,11H,6-7,10H2,(H,19,21). The van der Waals surface area contributed by atoms with Crippen molar-refractivity contribution in [2.75, 3.05) is 6.54 Å². The Kier molecular flexibility index (Phi) is 5.43. The van der Waals surface area contributed by atoms with E-state index < -0.39 is 0 Å². The van der Waals surface area contributed by atoms with Crippen LogP contribution in [0.4, 0.5) is 0 Å². The largest absolute Gasteiger partial charge is 0.355 e. The summed E-state index contributed by atoms with van der Waals surface area (Å²) in [6, 6.07) is 11.7. The zero-order valence-corrected chi connectivity index (χ0v) is 14.7. The van der Waals surface area contributed by atoms with Crippen LogP contribution in [0.15, 0.2) is 47.2 Å². The van der Waals surface area contributed by atoms with E-state index in [1.165, 1.54) is 0 Å². The molecule has 0 fully saturated rings. The Morgan fingerprint density at radius 3 is 2.91 bits per heavy atom. The van der Waals surface area contributed by atoms with Gasteiger partial charge in [0.1, 0.15) is 5.01 Å². The molecular formula is C17H15ClN2OS2. The molecule has 0 saturated carbocycles. The van der Waals surface area contributed by atoms with Gasteiger partial charge in [0, 0.05) is 16.9 Å². The molecule has 0 unspecified atom stereocenters. The number of hydrogen-bond acceptors (Lipinski definition) is 4. The Balaban J connectivity index is 1.48. The van der Waals surface area contributed by atoms with Gasteiger partial charge in [-0.05, 0) is 35.6 Å². The van der Waals surface area contributed by atoms with Crippen LogP contribution >= 0.6 is 34.3 Å². The molecule has 0 atom stereocenters. The first kappa shape index (κ1) is 16.2. The molecule has 3 aromatic rings. The minimum absolute atomic E-state index is 0.00458. The summed E-state index contributed by atoms with van der Waals surface area (Å²) in [5, 5.41) is 8.60. The summed E-state index contributed by atoms with van der Waals surface area (Å²) in [6.45, 7) is 0.598. The molecule has 3 nitrogen and oxygen atoms in total. The number of carbonyl (C=O) groups is 1. The van der Waals surface area contributed by atoms with Gasteiger partial charge in [0.05, 0.1) is 17.0 Å². The fourth-order valence-corrected chi connectivity index (χ4v) is 4.01. The van der Waals surface area contributed by atoms with Crippen molar-refractivity contribution in [2.45, 2.75) is 12.8 Å². The van der Waals surface area contributed by atoms with Crippen LogP contribution in [0.2, 0.25) is 5.02 Å². The zero-order valence-electron chi connectivity index (χ0n) is 12.3. The van der Waals surface area contributed by atoms with Crippen molar-refractivity contribution in [1.29, 1.82) is 0 Å². The summed E-state index contributed by atoms with van der Waals surface area (Å²) in [5.41, 5.74) is 1.94. The van der Waals surface area contributed by atoms with Crippen molar-refractivity contribution in [3.8, 4) is 9.88 Å². The van der Waals surface area contributed by atoms with E-state index in [9.17, 15) is 4.79 Å². The highest BCUT2D eigenvalue weighted by Gasteiger charge is 2.09. The van der Waals surface area contributed by atoms with E-state index in [4.69, 9.17) is 11.6 Å². The number of nitrogens with one attached hydrogen (secondary N) is 1. The quantitative estimate of drug-likeness (QED) is 0.705. The molecule has 0 aliphatic carbocycles. The number of rotatable bonds is 6. The van der Waals surface area contributed by atoms with E-state index >= 15 is 0 Å². The van der Waals surface area contributed by atoms with E-state index in [0.29, 0.717) is 13.0 Å². The second-order valence-electron chi connectivity index (χ2n) is 5.03. The molecule has 0 spiro atoms. The highest BCUT2D eigenvalue weighted by molar-refractivity contribution is 7.20. The first-order valence-corrected chi connectivity index (χ1v) is 9.34. The van der Waals surface area contributed by atoms with Gasteiger partial charge in [0.25, 0.3) is 0 Å². The van der Waals surface area contributed by atoms with Crippen molar-refractivity contribution in [1.82, 2.24) is 10.3 Å². The first-order valence-electron chi connectivity index (χ1n) is 7.20. The summed E-state index contributed by atoms with van der Waals surface area (Å²) < 4.78 is 0. The number of thiophene rings is 1. The molecule has 23 heavy (non-hydrogen) atoms. The van der Waals surface area contributed by atoms with Gasteiger partial charge in [0.2, 0.25) is 5.91 Å². The number of thiazole rings is 1. The van der Waals surface area contributed by atoms with Crippen LogP contribution in [0.1, 0.15) is 11.3 Å². The number of nitrogens with zero attached hydrogens (tertiary/aromatic N) is 1. The molecule has 6 heteroatoms. The lowest BCUT2D eigenvalue weighted by molar-refractivity contribution is -0.120. The van der Waals surface area contributed by atoms with Crippen LogP contribution in [0.3, 0.4) is 0 Å². The molecule has 2 aromatic heterocycles. The Hall–Kier alpha value is -1.69. The SMILES string of the molecule is O=C(Cc1csc(-c2cccs2)n1)NCCc1cccc(Cl)c1. The zero-order chi connectivity index (χ0) is 16.1. The number of halogens is 1. The second-order valence-corrected chi connectivity index (χ2v) is 7.27. The maximum Gasteiger partial charge on any atom is 0.226 e. The van der Waals surface area contributed by atoms with Gasteiger partial charge < -0.3 is 5.32 Å². The number of hydrogen-bond donors (Lipinski definition) is 1. The molecule has 0 radical (unpaired) electrons. The number of amides is 1. The molecule has 0 saturated heterocycles. The fraction of sp³-hybridized carbons (Fsp3) is 0.176. The highest BCUT2D eigenvalue weighted by atomic mass is 35.5. The summed E-state index contributed by atoms with van der Waals surface area (Å²) in [5.74, 6) is -0.00458. The van der Waals surface area contributed by atoms with Crippen LogP contribution in [-0.4, -0.2) is 17.4 Å². The minimum Gasteiger partial charge on any atom is -0.355 e. The Bertz CT molecular complexity index is 784. The highest BCUT2D eigenvalue weighted by Crippen LogP contribution is 2.27. The third kappa shape index (κ3) is 4.64. The van der Waals surface area contributed by atoms with Crippen molar-refractivity contribution >= 4 is 40.2 Å². The lowest BCUT2D eigenvalue weighted by atomic mass is 10.1. The number of carbonyl (C=O) groups excluding carboxylic acids is 1. The summed E-state index contributed by atoms with van der Waals surface area (Å²) in [6.07, 6.45) is 1.08. The molecule has 0 aliphatic heterocycles. The molecule has 2 heterocycles. The molecule has 3 rings (SSSR count). The predicted molar refractivity (Wildman–Crippen MR) is 97.3 cm³/mol. The average molecular weight is 363 g/mol. The van der Waals surface area contributed by atoms with Gasteiger partial charge in [0.15, 0.2) is 0 Å². The summed E-state index contributed by atoms with van der Waals surface area (Å²) in [4.78, 5) is 17.7. The molecular weight excluding hydrogens is 348 g/mol. The van der Waals surface area contributed by atoms with Crippen molar-refractivity contribution in [3.05, 3.63) is 63.4 Å². The Morgan fingerprint density at radius 1 is 1.22 bits per heavy atom. The Labute approximate surface area is 148 Å². The van der Waals surface area contributed by atoms with Gasteiger partial charge >= 0.3 is 0 Å². The molecule has 1 N–H and O–H groups in total. The van der Waals surface area contributed by atoms with E-state index in [-0.39, 0.29) is 5.91 Å². The van der Waals surface area contributed by atoms with Crippen molar-refractivity contribution in [2.24, 2.45) is 0 Å². The molecule has 0 aliphatic rings. The van der Waals surface area contributed by atoms with E-state index in [1.807, 2.05) is 47.2 Å². The normalized spacial score (nSPS) is 10.7. The van der Waals surface area contributed by atoms with Gasteiger partial charge in [-0.25, -0.2) is 4.98 Å². The predicted octanol–water partition coefficient (Wildman–Crippen LogP) is 4.43. The van der Waals surface area contributed by atoms with E-state index in [0.717, 1.165) is 32.6 Å². The monoisotopic (exact) mass is 362 g/mol. The van der Waals surface area contributed by atoms with Crippen LogP contribution in [-0.2, 0) is 17.6 Å². The van der Waals surface area contributed by atoms with Crippen LogP contribution in [0, 0.1) is 0 Å². The summed E-state index contributed by atoms with van der Waals surface area (Å²) in [7, 11) is 0. The van der Waals surface area contributed by atoms with Crippen LogP contribution in [0.25, 0.3) is 9.88 Å². The Morgan fingerprint density at radius 2 is 2.13 bits per heavy atom. The third-order valence-corrected chi connectivity index (χ3v) is 5.42. The molecule has 1 amide bonds. The smallest absolute Gasteiger partial charge is 0.226 e. The average Bonchev–Trinajstić information content (AvgIpc) is 3.18. The van der Waals surface area contributed by atoms with Gasteiger partial charge in [-0.3, -0.25) is 4.79 Å².